The molecule has 0 saturated carbocycles. The zero-order valence-corrected chi connectivity index (χ0v) is 14.6. The lowest BCUT2D eigenvalue weighted by atomic mass is 9.87. The van der Waals surface area contributed by atoms with Gasteiger partial charge in [0.2, 0.25) is 0 Å². The van der Waals surface area contributed by atoms with Crippen molar-refractivity contribution in [2.75, 3.05) is 33.4 Å². The zero-order valence-electron chi connectivity index (χ0n) is 14.6. The third-order valence-corrected chi connectivity index (χ3v) is 5.13. The fourth-order valence-electron chi connectivity index (χ4n) is 3.70. The summed E-state index contributed by atoms with van der Waals surface area (Å²) in [7, 11) is 1.85. The summed E-state index contributed by atoms with van der Waals surface area (Å²) in [6.07, 6.45) is 7.82. The molecule has 7 nitrogen and oxygen atoms in total. The summed E-state index contributed by atoms with van der Waals surface area (Å²) in [4.78, 5) is 11.2. The standard InChI is InChI=1S/C18H24N6O/c1-19-17(23-9-4-18(13-23)5-10-25-14-18)21-12-15-3-7-20-16(11-15)24-8-2-6-22-24/h2-3,6-8,11H,4-5,9-10,12-14H2,1H3,(H,19,21). The predicted molar refractivity (Wildman–Crippen MR) is 95.6 cm³/mol. The van der Waals surface area contributed by atoms with Crippen molar-refractivity contribution in [3.8, 4) is 5.82 Å². The number of guanidine groups is 1. The average Bonchev–Trinajstić information content (AvgIpc) is 3.40. The molecule has 0 radical (unpaired) electrons. The Balaban J connectivity index is 1.39. The van der Waals surface area contributed by atoms with Crippen molar-refractivity contribution < 1.29 is 4.74 Å². The molecule has 2 aliphatic heterocycles. The molecule has 2 aromatic heterocycles. The number of hydrogen-bond acceptors (Lipinski definition) is 4. The molecule has 1 unspecified atom stereocenters. The van der Waals surface area contributed by atoms with Gasteiger partial charge in [0.25, 0.3) is 0 Å². The third-order valence-electron chi connectivity index (χ3n) is 5.13. The summed E-state index contributed by atoms with van der Waals surface area (Å²) in [6.45, 7) is 4.56. The van der Waals surface area contributed by atoms with Crippen molar-refractivity contribution in [2.24, 2.45) is 10.4 Å². The van der Waals surface area contributed by atoms with Crippen molar-refractivity contribution in [3.63, 3.8) is 0 Å². The van der Waals surface area contributed by atoms with Gasteiger partial charge in [-0.25, -0.2) is 9.67 Å². The van der Waals surface area contributed by atoms with Gasteiger partial charge in [0, 0.05) is 57.3 Å². The van der Waals surface area contributed by atoms with Crippen LogP contribution in [0.5, 0.6) is 0 Å². The molecule has 2 aliphatic rings. The number of hydrogen-bond donors (Lipinski definition) is 1. The number of rotatable bonds is 3. The van der Waals surface area contributed by atoms with E-state index in [0.29, 0.717) is 12.0 Å². The Kier molecular flexibility index (Phi) is 4.40. The molecule has 0 bridgehead atoms. The minimum atomic E-state index is 0.335. The normalized spacial score (nSPS) is 23.6. The van der Waals surface area contributed by atoms with Crippen LogP contribution in [0, 0.1) is 5.41 Å². The highest BCUT2D eigenvalue weighted by atomic mass is 16.5. The maximum Gasteiger partial charge on any atom is 0.193 e. The fraction of sp³-hybridized carbons (Fsp3) is 0.500. The molecule has 132 valence electrons. The molecule has 7 heteroatoms. The number of likely N-dealkylation sites (tertiary alicyclic amines) is 1. The number of ether oxygens (including phenoxy) is 1. The Labute approximate surface area is 147 Å². The summed E-state index contributed by atoms with van der Waals surface area (Å²) in [6, 6.07) is 5.96. The van der Waals surface area contributed by atoms with Crippen LogP contribution in [-0.2, 0) is 11.3 Å². The van der Waals surface area contributed by atoms with Gasteiger partial charge in [0.05, 0.1) is 6.61 Å². The molecule has 0 amide bonds. The number of aliphatic imine (C=N–C) groups is 1. The highest BCUT2D eigenvalue weighted by molar-refractivity contribution is 5.80. The third kappa shape index (κ3) is 3.37. The minimum absolute atomic E-state index is 0.335. The Bertz CT molecular complexity index is 736. The van der Waals surface area contributed by atoms with E-state index in [-0.39, 0.29) is 0 Å². The summed E-state index contributed by atoms with van der Waals surface area (Å²) < 4.78 is 7.39. The fourth-order valence-corrected chi connectivity index (χ4v) is 3.70. The van der Waals surface area contributed by atoms with E-state index < -0.39 is 0 Å². The van der Waals surface area contributed by atoms with Gasteiger partial charge in [0.15, 0.2) is 11.8 Å². The van der Waals surface area contributed by atoms with Gasteiger partial charge in [-0.1, -0.05) is 0 Å². The number of nitrogens with one attached hydrogen (secondary N) is 1. The largest absolute Gasteiger partial charge is 0.381 e. The average molecular weight is 340 g/mol. The van der Waals surface area contributed by atoms with Gasteiger partial charge < -0.3 is 15.0 Å². The molecule has 0 aromatic carbocycles. The Morgan fingerprint density at radius 2 is 2.36 bits per heavy atom. The van der Waals surface area contributed by atoms with Gasteiger partial charge >= 0.3 is 0 Å². The summed E-state index contributed by atoms with van der Waals surface area (Å²) in [5.41, 5.74) is 1.49. The molecule has 4 heterocycles. The number of pyridine rings is 1. The van der Waals surface area contributed by atoms with Gasteiger partial charge in [-0.2, -0.15) is 5.10 Å². The van der Waals surface area contributed by atoms with Crippen LogP contribution in [0.25, 0.3) is 5.82 Å². The molecule has 1 spiro atoms. The minimum Gasteiger partial charge on any atom is -0.381 e. The van der Waals surface area contributed by atoms with Crippen LogP contribution >= 0.6 is 0 Å². The van der Waals surface area contributed by atoms with Crippen LogP contribution in [0.15, 0.2) is 41.8 Å². The quantitative estimate of drug-likeness (QED) is 0.677. The first-order chi connectivity index (χ1) is 12.3. The molecule has 25 heavy (non-hydrogen) atoms. The molecule has 2 saturated heterocycles. The lowest BCUT2D eigenvalue weighted by molar-refractivity contribution is 0.156. The molecule has 0 aliphatic carbocycles. The van der Waals surface area contributed by atoms with Gasteiger partial charge in [-0.15, -0.1) is 0 Å². The first kappa shape index (κ1) is 16.1. The van der Waals surface area contributed by atoms with E-state index in [1.165, 1.54) is 6.42 Å². The predicted octanol–water partition coefficient (Wildman–Crippen LogP) is 1.46. The first-order valence-electron chi connectivity index (χ1n) is 8.76. The molecule has 1 atom stereocenters. The number of aromatic nitrogens is 3. The monoisotopic (exact) mass is 340 g/mol. The Morgan fingerprint density at radius 3 is 3.12 bits per heavy atom. The van der Waals surface area contributed by atoms with Gasteiger partial charge in [-0.05, 0) is 36.6 Å². The molecular weight excluding hydrogens is 316 g/mol. The van der Waals surface area contributed by atoms with Crippen LogP contribution in [0.2, 0.25) is 0 Å². The molecular formula is C18H24N6O. The van der Waals surface area contributed by atoms with E-state index in [4.69, 9.17) is 4.74 Å². The summed E-state index contributed by atoms with van der Waals surface area (Å²) in [5.74, 6) is 1.78. The van der Waals surface area contributed by atoms with Crippen LogP contribution < -0.4 is 5.32 Å². The number of nitrogens with zero attached hydrogens (tertiary/aromatic N) is 5. The molecule has 2 fully saturated rings. The lowest BCUT2D eigenvalue weighted by Crippen LogP contribution is -2.41. The van der Waals surface area contributed by atoms with Gasteiger partial charge in [-0.3, -0.25) is 4.99 Å². The molecule has 1 N–H and O–H groups in total. The van der Waals surface area contributed by atoms with E-state index in [1.54, 1.807) is 10.9 Å². The van der Waals surface area contributed by atoms with Crippen molar-refractivity contribution in [2.45, 2.75) is 19.4 Å². The van der Waals surface area contributed by atoms with Gasteiger partial charge in [0.1, 0.15) is 0 Å². The van der Waals surface area contributed by atoms with E-state index in [0.717, 1.165) is 50.1 Å². The molecule has 4 rings (SSSR count). The second kappa shape index (κ2) is 6.84. The van der Waals surface area contributed by atoms with Crippen molar-refractivity contribution in [1.82, 2.24) is 25.0 Å². The highest BCUT2D eigenvalue weighted by Crippen LogP contribution is 2.38. The molecule has 2 aromatic rings. The smallest absolute Gasteiger partial charge is 0.193 e. The first-order valence-corrected chi connectivity index (χ1v) is 8.76. The Morgan fingerprint density at radius 1 is 1.40 bits per heavy atom. The maximum absolute atomic E-state index is 5.62. The highest BCUT2D eigenvalue weighted by Gasteiger charge is 2.42. The maximum atomic E-state index is 5.62. The second-order valence-electron chi connectivity index (χ2n) is 6.85. The zero-order chi connectivity index (χ0) is 17.1. The van der Waals surface area contributed by atoms with Crippen LogP contribution in [0.1, 0.15) is 18.4 Å². The van der Waals surface area contributed by atoms with Crippen LogP contribution in [0.4, 0.5) is 0 Å². The van der Waals surface area contributed by atoms with E-state index in [2.05, 4.69) is 25.3 Å². The van der Waals surface area contributed by atoms with Crippen LogP contribution in [-0.4, -0.2) is 59.0 Å². The Hall–Kier alpha value is -2.41. The van der Waals surface area contributed by atoms with Crippen molar-refractivity contribution >= 4 is 5.96 Å². The summed E-state index contributed by atoms with van der Waals surface area (Å²) in [5, 5.41) is 7.72. The van der Waals surface area contributed by atoms with Crippen molar-refractivity contribution in [1.29, 1.82) is 0 Å². The lowest BCUT2D eigenvalue weighted by Gasteiger charge is -2.25. The van der Waals surface area contributed by atoms with E-state index in [1.807, 2.05) is 37.6 Å². The van der Waals surface area contributed by atoms with E-state index in [9.17, 15) is 0 Å². The van der Waals surface area contributed by atoms with E-state index >= 15 is 0 Å². The van der Waals surface area contributed by atoms with Crippen molar-refractivity contribution in [3.05, 3.63) is 42.4 Å². The van der Waals surface area contributed by atoms with Crippen LogP contribution in [0.3, 0.4) is 0 Å². The summed E-state index contributed by atoms with van der Waals surface area (Å²) >= 11 is 0. The topological polar surface area (TPSA) is 67.6 Å². The second-order valence-corrected chi connectivity index (χ2v) is 6.85. The SMILES string of the molecule is CN=C(NCc1ccnc(-n2cccn2)c1)N1CCC2(CCOC2)C1.